The summed E-state index contributed by atoms with van der Waals surface area (Å²) in [5, 5.41) is 9.86. The highest BCUT2D eigenvalue weighted by Crippen LogP contribution is 2.28. The zero-order valence-electron chi connectivity index (χ0n) is 22.8. The maximum atomic E-state index is 13.2. The zero-order chi connectivity index (χ0) is 28.5. The van der Waals surface area contributed by atoms with Crippen molar-refractivity contribution in [2.45, 2.75) is 33.2 Å². The van der Waals surface area contributed by atoms with Crippen molar-refractivity contribution in [3.8, 4) is 11.3 Å². The lowest BCUT2D eigenvalue weighted by molar-refractivity contribution is -0.137. The first-order valence-electron chi connectivity index (χ1n) is 13.2. The molecular weight excluding hydrogens is 506 g/mol. The van der Waals surface area contributed by atoms with Crippen molar-refractivity contribution in [3.05, 3.63) is 96.7 Å². The standard InChI is InChI=1S/C32H33N3O5/c1-4-39-30(36)17-18-33-31(37)23-11-15-25(16-12-23)34-27(19-21(2)3)32(38)35-26-13-9-22(10-14-26)29-20-24-7-5-6-8-28(24)40-29/h5-18,20-21,27,34H,4,19H2,1-3H3,(H,33,37)(H,35,38)/t27-/m1/s1. The van der Waals surface area contributed by atoms with Crippen molar-refractivity contribution >= 4 is 40.1 Å². The smallest absolute Gasteiger partial charge is 0.332 e. The number of esters is 1. The van der Waals surface area contributed by atoms with Gasteiger partial charge in [-0.2, -0.15) is 0 Å². The van der Waals surface area contributed by atoms with E-state index in [1.807, 2.05) is 54.6 Å². The predicted octanol–water partition coefficient (Wildman–Crippen LogP) is 6.37. The minimum Gasteiger partial charge on any atom is -0.463 e. The number of fused-ring (bicyclic) bond motifs is 1. The van der Waals surface area contributed by atoms with Crippen LogP contribution >= 0.6 is 0 Å². The molecule has 4 aromatic rings. The van der Waals surface area contributed by atoms with Crippen LogP contribution in [-0.2, 0) is 14.3 Å². The highest BCUT2D eigenvalue weighted by atomic mass is 16.5. The molecule has 4 rings (SSSR count). The van der Waals surface area contributed by atoms with E-state index < -0.39 is 12.0 Å². The molecule has 0 bridgehead atoms. The van der Waals surface area contributed by atoms with E-state index in [2.05, 4.69) is 29.8 Å². The van der Waals surface area contributed by atoms with Gasteiger partial charge in [0.25, 0.3) is 5.91 Å². The largest absolute Gasteiger partial charge is 0.463 e. The third-order valence-corrected chi connectivity index (χ3v) is 6.09. The second-order valence-corrected chi connectivity index (χ2v) is 9.68. The number of para-hydroxylation sites is 1. The highest BCUT2D eigenvalue weighted by molar-refractivity contribution is 5.98. The number of furan rings is 1. The quantitative estimate of drug-likeness (QED) is 0.151. The van der Waals surface area contributed by atoms with Crippen molar-refractivity contribution in [2.75, 3.05) is 17.2 Å². The van der Waals surface area contributed by atoms with Gasteiger partial charge in [-0.05, 0) is 79.9 Å². The molecule has 0 saturated carbocycles. The molecule has 0 aliphatic rings. The summed E-state index contributed by atoms with van der Waals surface area (Å²) in [5.41, 5.74) is 3.56. The minimum atomic E-state index is -0.529. The Morgan fingerprint density at radius 3 is 2.30 bits per heavy atom. The van der Waals surface area contributed by atoms with Crippen LogP contribution in [-0.4, -0.2) is 30.4 Å². The number of ether oxygens (including phenoxy) is 1. The maximum Gasteiger partial charge on any atom is 0.332 e. The van der Waals surface area contributed by atoms with Crippen LogP contribution in [0.3, 0.4) is 0 Å². The number of amides is 2. The number of carbonyl (C=O) groups is 3. The Hall–Kier alpha value is -4.85. The molecule has 8 heteroatoms. The van der Waals surface area contributed by atoms with Crippen LogP contribution in [0, 0.1) is 5.92 Å². The summed E-state index contributed by atoms with van der Waals surface area (Å²) >= 11 is 0. The van der Waals surface area contributed by atoms with E-state index in [4.69, 9.17) is 9.15 Å². The lowest BCUT2D eigenvalue weighted by atomic mass is 10.0. The summed E-state index contributed by atoms with van der Waals surface area (Å²) in [4.78, 5) is 36.9. The third kappa shape index (κ3) is 7.60. The van der Waals surface area contributed by atoms with E-state index >= 15 is 0 Å². The molecule has 0 radical (unpaired) electrons. The first-order valence-corrected chi connectivity index (χ1v) is 13.2. The number of rotatable bonds is 11. The Labute approximate surface area is 233 Å². The summed E-state index contributed by atoms with van der Waals surface area (Å²) < 4.78 is 10.7. The lowest BCUT2D eigenvalue weighted by Crippen LogP contribution is -2.35. The van der Waals surface area contributed by atoms with Crippen LogP contribution in [0.1, 0.15) is 37.6 Å². The van der Waals surface area contributed by atoms with Gasteiger partial charge in [-0.15, -0.1) is 0 Å². The van der Waals surface area contributed by atoms with Crippen LogP contribution in [0.4, 0.5) is 11.4 Å². The molecule has 40 heavy (non-hydrogen) atoms. The predicted molar refractivity (Wildman–Crippen MR) is 157 cm³/mol. The van der Waals surface area contributed by atoms with Crippen molar-refractivity contribution in [2.24, 2.45) is 5.92 Å². The van der Waals surface area contributed by atoms with Crippen LogP contribution in [0.25, 0.3) is 22.3 Å². The molecule has 3 N–H and O–H groups in total. The molecule has 3 aromatic carbocycles. The topological polar surface area (TPSA) is 110 Å². The van der Waals surface area contributed by atoms with Gasteiger partial charge in [0.15, 0.2) is 0 Å². The van der Waals surface area contributed by atoms with Crippen LogP contribution in [0.5, 0.6) is 0 Å². The Bertz CT molecular complexity index is 1450. The van der Waals surface area contributed by atoms with Gasteiger partial charge < -0.3 is 25.1 Å². The summed E-state index contributed by atoms with van der Waals surface area (Å²) in [6.07, 6.45) is 3.02. The highest BCUT2D eigenvalue weighted by Gasteiger charge is 2.20. The molecule has 1 aromatic heterocycles. The molecule has 0 aliphatic heterocycles. The minimum absolute atomic E-state index is 0.156. The molecule has 2 amide bonds. The molecule has 0 spiro atoms. The van der Waals surface area contributed by atoms with Gasteiger partial charge in [-0.25, -0.2) is 4.79 Å². The number of hydrogen-bond acceptors (Lipinski definition) is 6. The summed E-state index contributed by atoms with van der Waals surface area (Å²) in [7, 11) is 0. The van der Waals surface area contributed by atoms with Gasteiger partial charge in [0, 0.05) is 40.2 Å². The fraction of sp³-hybridized carbons (Fsp3) is 0.219. The third-order valence-electron chi connectivity index (χ3n) is 6.09. The van der Waals surface area contributed by atoms with Gasteiger partial charge in [0.05, 0.1) is 6.61 Å². The average molecular weight is 540 g/mol. The van der Waals surface area contributed by atoms with Crippen LogP contribution < -0.4 is 16.0 Å². The summed E-state index contributed by atoms with van der Waals surface area (Å²) in [6.45, 7) is 6.08. The van der Waals surface area contributed by atoms with Crippen LogP contribution in [0.15, 0.2) is 95.6 Å². The molecule has 206 valence electrons. The van der Waals surface area contributed by atoms with E-state index in [1.165, 1.54) is 6.20 Å². The Balaban J connectivity index is 1.37. The van der Waals surface area contributed by atoms with Gasteiger partial charge in [0.1, 0.15) is 17.4 Å². The summed E-state index contributed by atoms with van der Waals surface area (Å²) in [6, 6.07) is 23.7. The molecule has 8 nitrogen and oxygen atoms in total. The maximum absolute atomic E-state index is 13.2. The fourth-order valence-electron chi connectivity index (χ4n) is 4.15. The van der Waals surface area contributed by atoms with Gasteiger partial charge >= 0.3 is 5.97 Å². The number of anilines is 2. The van der Waals surface area contributed by atoms with Crippen molar-refractivity contribution < 1.29 is 23.5 Å². The van der Waals surface area contributed by atoms with Crippen molar-refractivity contribution in [1.29, 1.82) is 0 Å². The van der Waals surface area contributed by atoms with Gasteiger partial charge in [0.2, 0.25) is 5.91 Å². The molecule has 1 atom stereocenters. The molecule has 1 heterocycles. The Morgan fingerprint density at radius 2 is 1.62 bits per heavy atom. The van der Waals surface area contributed by atoms with Crippen molar-refractivity contribution in [3.63, 3.8) is 0 Å². The summed E-state index contributed by atoms with van der Waals surface area (Å²) in [5.74, 6) is -0.00901. The van der Waals surface area contributed by atoms with E-state index in [9.17, 15) is 14.4 Å². The monoisotopic (exact) mass is 539 g/mol. The first kappa shape index (κ1) is 28.2. The van der Waals surface area contributed by atoms with E-state index in [0.29, 0.717) is 23.4 Å². The number of nitrogens with one attached hydrogen (secondary N) is 3. The Kier molecular flexibility index (Phi) is 9.35. The Morgan fingerprint density at radius 1 is 0.925 bits per heavy atom. The zero-order valence-corrected chi connectivity index (χ0v) is 22.8. The second-order valence-electron chi connectivity index (χ2n) is 9.68. The lowest BCUT2D eigenvalue weighted by Gasteiger charge is -2.21. The SMILES string of the molecule is CCOC(=O)C=CNC(=O)c1ccc(N[C@H](CC(C)C)C(=O)Nc2ccc(-c3cc4ccccc4o3)cc2)cc1. The van der Waals surface area contributed by atoms with Crippen LogP contribution in [0.2, 0.25) is 0 Å². The van der Waals surface area contributed by atoms with Gasteiger partial charge in [-0.3, -0.25) is 9.59 Å². The second kappa shape index (κ2) is 13.3. The molecule has 0 aliphatic carbocycles. The normalized spacial score (nSPS) is 11.9. The molecular formula is C32H33N3O5. The fourth-order valence-corrected chi connectivity index (χ4v) is 4.15. The molecule has 0 unspecified atom stereocenters. The van der Waals surface area contributed by atoms with Crippen molar-refractivity contribution in [1.82, 2.24) is 5.32 Å². The molecule has 0 fully saturated rings. The van der Waals surface area contributed by atoms with E-state index in [0.717, 1.165) is 28.4 Å². The van der Waals surface area contributed by atoms with Gasteiger partial charge in [-0.1, -0.05) is 32.0 Å². The number of carbonyl (C=O) groups excluding carboxylic acids is 3. The first-order chi connectivity index (χ1) is 19.3. The number of hydrogen-bond donors (Lipinski definition) is 3. The molecule has 0 saturated heterocycles. The average Bonchev–Trinajstić information content (AvgIpc) is 3.38. The van der Waals surface area contributed by atoms with E-state index in [1.54, 1.807) is 31.2 Å². The van der Waals surface area contributed by atoms with E-state index in [-0.39, 0.29) is 24.3 Å². The number of benzene rings is 3.